The van der Waals surface area contributed by atoms with Gasteiger partial charge in [0.05, 0.1) is 31.9 Å². The number of amides is 1. The third kappa shape index (κ3) is 4.51. The molecule has 3 aliphatic rings. The third-order valence-corrected chi connectivity index (χ3v) is 9.00. The Morgan fingerprint density at radius 3 is 2.35 bits per heavy atom. The highest BCUT2D eigenvalue weighted by atomic mass is 32.2. The van der Waals surface area contributed by atoms with Crippen molar-refractivity contribution >= 4 is 21.5 Å². The molecule has 1 saturated heterocycles. The van der Waals surface area contributed by atoms with E-state index in [9.17, 15) is 13.2 Å². The molecule has 1 aromatic rings. The molecule has 1 unspecified atom stereocenters. The normalized spacial score (nSPS) is 24.9. The van der Waals surface area contributed by atoms with Gasteiger partial charge in [-0.05, 0) is 50.8 Å². The molecular formula is C25H33N3O5S. The van der Waals surface area contributed by atoms with Crippen molar-refractivity contribution in [2.24, 2.45) is 16.9 Å². The number of methoxy groups -OCH3 is 2. The first-order valence-electron chi connectivity index (χ1n) is 11.7. The molecule has 0 spiro atoms. The number of rotatable bonds is 7. The number of hydrogen-bond donors (Lipinski definition) is 0. The summed E-state index contributed by atoms with van der Waals surface area (Å²) in [7, 11) is -0.164. The molecule has 1 fully saturated rings. The van der Waals surface area contributed by atoms with Crippen LogP contribution in [0.2, 0.25) is 0 Å². The summed E-state index contributed by atoms with van der Waals surface area (Å²) in [6.45, 7) is 6.29. The average molecular weight is 488 g/mol. The van der Waals surface area contributed by atoms with Crippen molar-refractivity contribution in [2.45, 2.75) is 44.0 Å². The number of ether oxygens (including phenoxy) is 2. The van der Waals surface area contributed by atoms with Crippen molar-refractivity contribution in [3.8, 4) is 11.5 Å². The van der Waals surface area contributed by atoms with Gasteiger partial charge in [0.1, 0.15) is 5.37 Å². The predicted molar refractivity (Wildman–Crippen MR) is 131 cm³/mol. The van der Waals surface area contributed by atoms with Gasteiger partial charge in [-0.3, -0.25) is 9.69 Å². The van der Waals surface area contributed by atoms with E-state index in [0.717, 1.165) is 23.1 Å². The van der Waals surface area contributed by atoms with Crippen molar-refractivity contribution < 1.29 is 22.7 Å². The maximum atomic E-state index is 13.5. The van der Waals surface area contributed by atoms with E-state index in [1.165, 1.54) is 0 Å². The number of hydrogen-bond acceptors (Lipinski definition) is 7. The lowest BCUT2D eigenvalue weighted by Crippen LogP contribution is -2.53. The highest BCUT2D eigenvalue weighted by molar-refractivity contribution is 7.94. The number of carbonyl (C=O) groups is 1. The van der Waals surface area contributed by atoms with E-state index in [1.54, 1.807) is 26.2 Å². The molecule has 0 saturated carbocycles. The number of nitrogens with zero attached hydrogens (tertiary/aromatic N) is 3. The Morgan fingerprint density at radius 1 is 1.09 bits per heavy atom. The number of hydrazone groups is 1. The zero-order valence-corrected chi connectivity index (χ0v) is 20.8. The molecule has 2 aliphatic heterocycles. The zero-order chi connectivity index (χ0) is 24.5. The Kier molecular flexibility index (Phi) is 7.14. The Bertz CT molecular complexity index is 1110. The lowest BCUT2D eigenvalue weighted by molar-refractivity contribution is -0.141. The van der Waals surface area contributed by atoms with Crippen LogP contribution >= 0.6 is 0 Å². The number of fused-ring (bicyclic) bond motifs is 1. The molecule has 1 aromatic carbocycles. The second-order valence-corrected chi connectivity index (χ2v) is 11.2. The van der Waals surface area contributed by atoms with Crippen LogP contribution in [0.15, 0.2) is 47.4 Å². The summed E-state index contributed by atoms with van der Waals surface area (Å²) < 4.78 is 35.3. The number of carbonyl (C=O) groups excluding carboxylic acids is 1. The Hall–Kier alpha value is -2.65. The first-order valence-corrected chi connectivity index (χ1v) is 13.3. The van der Waals surface area contributed by atoms with Crippen molar-refractivity contribution in [2.75, 3.05) is 27.3 Å². The highest BCUT2D eigenvalue weighted by Gasteiger charge is 2.43. The second kappa shape index (κ2) is 9.92. The molecule has 0 aromatic heterocycles. The van der Waals surface area contributed by atoms with Gasteiger partial charge in [0.15, 0.2) is 21.3 Å². The lowest BCUT2D eigenvalue weighted by atomic mass is 9.76. The maximum Gasteiger partial charge on any atom is 0.247 e. The molecule has 3 atom stereocenters. The fourth-order valence-corrected chi connectivity index (χ4v) is 6.07. The molecule has 8 nitrogen and oxygen atoms in total. The summed E-state index contributed by atoms with van der Waals surface area (Å²) in [5.74, 6) is 1.20. The lowest BCUT2D eigenvalue weighted by Gasteiger charge is -2.43. The zero-order valence-electron chi connectivity index (χ0n) is 20.0. The Morgan fingerprint density at radius 2 is 1.74 bits per heavy atom. The molecule has 1 amide bonds. The fraction of sp³-hybridized carbons (Fsp3) is 0.520. The molecule has 1 aliphatic carbocycles. The van der Waals surface area contributed by atoms with Gasteiger partial charge >= 0.3 is 0 Å². The summed E-state index contributed by atoms with van der Waals surface area (Å²) >= 11 is 0. The number of piperidine rings is 1. The van der Waals surface area contributed by atoms with E-state index in [-0.39, 0.29) is 23.8 Å². The van der Waals surface area contributed by atoms with Crippen LogP contribution in [-0.4, -0.2) is 68.7 Å². The smallest absolute Gasteiger partial charge is 0.247 e. The van der Waals surface area contributed by atoms with Crippen LogP contribution in [0.1, 0.15) is 38.2 Å². The summed E-state index contributed by atoms with van der Waals surface area (Å²) in [5, 5.41) is 7.00. The van der Waals surface area contributed by atoms with Crippen LogP contribution in [0.4, 0.5) is 0 Å². The number of sulfone groups is 1. The van der Waals surface area contributed by atoms with E-state index < -0.39 is 15.2 Å². The van der Waals surface area contributed by atoms with Gasteiger partial charge in [-0.1, -0.05) is 18.7 Å². The summed E-state index contributed by atoms with van der Waals surface area (Å²) in [6.07, 6.45) is 7.00. The van der Waals surface area contributed by atoms with Gasteiger partial charge in [-0.25, -0.2) is 13.4 Å². The van der Waals surface area contributed by atoms with Gasteiger partial charge < -0.3 is 9.47 Å². The van der Waals surface area contributed by atoms with Crippen molar-refractivity contribution in [3.63, 3.8) is 0 Å². The van der Waals surface area contributed by atoms with Crippen molar-refractivity contribution in [3.05, 3.63) is 47.9 Å². The number of likely N-dealkylation sites (tertiary alicyclic amines) is 1. The minimum atomic E-state index is -3.37. The van der Waals surface area contributed by atoms with Gasteiger partial charge in [-0.15, -0.1) is 0 Å². The topological polar surface area (TPSA) is 88.5 Å². The molecule has 184 valence electrons. The van der Waals surface area contributed by atoms with Crippen molar-refractivity contribution in [1.82, 2.24) is 9.91 Å². The second-order valence-electron chi connectivity index (χ2n) is 9.02. The SMILES string of the molecule is C=CS(=O)(=O)C(C)N1CCC(N2N=C(c3ccc(OC)c(OC)c3)[C@H]3CC=CC[C@H]3C2=O)CC1. The van der Waals surface area contributed by atoms with E-state index in [0.29, 0.717) is 43.9 Å². The first-order chi connectivity index (χ1) is 16.3. The van der Waals surface area contributed by atoms with E-state index in [1.807, 2.05) is 23.1 Å². The van der Waals surface area contributed by atoms with E-state index in [2.05, 4.69) is 18.7 Å². The minimum absolute atomic E-state index is 0.0182. The average Bonchev–Trinajstić information content (AvgIpc) is 2.88. The predicted octanol–water partition coefficient (Wildman–Crippen LogP) is 3.20. The van der Waals surface area contributed by atoms with E-state index >= 15 is 0 Å². The monoisotopic (exact) mass is 487 g/mol. The number of benzene rings is 1. The summed E-state index contributed by atoms with van der Waals surface area (Å²) in [5.41, 5.74) is 1.81. The van der Waals surface area contributed by atoms with Gasteiger partial charge in [0.2, 0.25) is 5.91 Å². The van der Waals surface area contributed by atoms with Crippen LogP contribution in [0.5, 0.6) is 11.5 Å². The van der Waals surface area contributed by atoms with Crippen molar-refractivity contribution in [1.29, 1.82) is 0 Å². The number of allylic oxidation sites excluding steroid dienone is 2. The largest absolute Gasteiger partial charge is 0.493 e. The summed E-state index contributed by atoms with van der Waals surface area (Å²) in [6, 6.07) is 5.69. The molecule has 0 radical (unpaired) electrons. The molecule has 2 heterocycles. The highest BCUT2D eigenvalue weighted by Crippen LogP contribution is 2.38. The minimum Gasteiger partial charge on any atom is -0.493 e. The van der Waals surface area contributed by atoms with Crippen LogP contribution in [0, 0.1) is 11.8 Å². The standard InChI is InChI=1S/C25H33N3O5S/c1-5-34(30,31)17(2)27-14-12-19(13-15-27)28-25(29)21-9-7-6-8-20(21)24(26-28)18-10-11-22(32-3)23(16-18)33-4/h5-7,10-11,16-17,19-21H,1,8-9,12-15H2,2-4H3/t17?,20-,21+/m0/s1. The van der Waals surface area contributed by atoms with Gasteiger partial charge in [0, 0.05) is 30.0 Å². The van der Waals surface area contributed by atoms with Gasteiger partial charge in [-0.2, -0.15) is 5.10 Å². The molecule has 0 bridgehead atoms. The Balaban J connectivity index is 1.62. The maximum absolute atomic E-state index is 13.5. The van der Waals surface area contributed by atoms with Crippen LogP contribution in [-0.2, 0) is 14.6 Å². The Labute approximate surface area is 201 Å². The molecule has 34 heavy (non-hydrogen) atoms. The first kappa shape index (κ1) is 24.5. The van der Waals surface area contributed by atoms with Crippen LogP contribution in [0.25, 0.3) is 0 Å². The quantitative estimate of drug-likeness (QED) is 0.549. The fourth-order valence-electron chi connectivity index (χ4n) is 5.17. The van der Waals surface area contributed by atoms with Gasteiger partial charge in [0.25, 0.3) is 0 Å². The molecule has 4 rings (SSSR count). The summed E-state index contributed by atoms with van der Waals surface area (Å²) in [4.78, 5) is 15.4. The van der Waals surface area contributed by atoms with Crippen LogP contribution < -0.4 is 9.47 Å². The third-order valence-electron chi connectivity index (χ3n) is 7.29. The molecule has 9 heteroatoms. The molecular weight excluding hydrogens is 454 g/mol. The molecule has 0 N–H and O–H groups in total. The van der Waals surface area contributed by atoms with E-state index in [4.69, 9.17) is 14.6 Å². The van der Waals surface area contributed by atoms with Crippen LogP contribution in [0.3, 0.4) is 0 Å².